The zero-order valence-corrected chi connectivity index (χ0v) is 13.6. The molecule has 0 bridgehead atoms. The molecule has 1 amide bonds. The molecular weight excluding hydrogens is 306 g/mol. The lowest BCUT2D eigenvalue weighted by Gasteiger charge is -2.15. The predicted molar refractivity (Wildman–Crippen MR) is 91.5 cm³/mol. The molecule has 0 aliphatic rings. The highest BCUT2D eigenvalue weighted by molar-refractivity contribution is 5.94. The summed E-state index contributed by atoms with van der Waals surface area (Å²) in [5.41, 5.74) is 2.61. The standard InChI is InChI=1S/C19H21NO4/c1-24-18(22)12-11-17(13-21)20-19(23)16-9-7-15(8-10-16)14-5-3-2-4-6-14/h2-10,17,21H,11-13H2,1H3,(H,20,23). The first kappa shape index (κ1) is 17.7. The Labute approximate surface area is 141 Å². The van der Waals surface area contributed by atoms with Crippen LogP contribution in [0.5, 0.6) is 0 Å². The molecule has 0 saturated carbocycles. The molecule has 2 aromatic carbocycles. The van der Waals surface area contributed by atoms with Crippen molar-refractivity contribution in [2.24, 2.45) is 0 Å². The van der Waals surface area contributed by atoms with Gasteiger partial charge in [0.25, 0.3) is 5.91 Å². The van der Waals surface area contributed by atoms with E-state index in [2.05, 4.69) is 10.1 Å². The van der Waals surface area contributed by atoms with Crippen LogP contribution in [-0.2, 0) is 9.53 Å². The number of methoxy groups -OCH3 is 1. The Morgan fingerprint density at radius 1 is 1.04 bits per heavy atom. The molecule has 2 aromatic rings. The second kappa shape index (κ2) is 8.84. The molecule has 0 spiro atoms. The number of carbonyl (C=O) groups excluding carboxylic acids is 2. The number of carbonyl (C=O) groups is 2. The van der Waals surface area contributed by atoms with E-state index in [0.29, 0.717) is 12.0 Å². The van der Waals surface area contributed by atoms with Gasteiger partial charge in [-0.3, -0.25) is 9.59 Å². The summed E-state index contributed by atoms with van der Waals surface area (Å²) in [6.07, 6.45) is 0.478. The van der Waals surface area contributed by atoms with Gasteiger partial charge in [0, 0.05) is 12.0 Å². The Bertz CT molecular complexity index is 668. The van der Waals surface area contributed by atoms with Gasteiger partial charge in [0.05, 0.1) is 19.8 Å². The van der Waals surface area contributed by atoms with Gasteiger partial charge in [-0.1, -0.05) is 42.5 Å². The van der Waals surface area contributed by atoms with Crippen molar-refractivity contribution in [2.45, 2.75) is 18.9 Å². The lowest BCUT2D eigenvalue weighted by Crippen LogP contribution is -2.37. The summed E-state index contributed by atoms with van der Waals surface area (Å²) in [4.78, 5) is 23.4. The van der Waals surface area contributed by atoms with Crippen LogP contribution in [0.3, 0.4) is 0 Å². The summed E-state index contributed by atoms with van der Waals surface area (Å²) in [6, 6.07) is 16.7. The molecule has 2 N–H and O–H groups in total. The van der Waals surface area contributed by atoms with Crippen molar-refractivity contribution in [1.29, 1.82) is 0 Å². The van der Waals surface area contributed by atoms with Crippen LogP contribution in [0, 0.1) is 0 Å². The highest BCUT2D eigenvalue weighted by Gasteiger charge is 2.15. The topological polar surface area (TPSA) is 75.6 Å². The first-order chi connectivity index (χ1) is 11.6. The summed E-state index contributed by atoms with van der Waals surface area (Å²) in [7, 11) is 1.31. The normalized spacial score (nSPS) is 11.6. The van der Waals surface area contributed by atoms with Crippen molar-refractivity contribution >= 4 is 11.9 Å². The van der Waals surface area contributed by atoms with Gasteiger partial charge >= 0.3 is 5.97 Å². The number of aliphatic hydroxyl groups excluding tert-OH is 1. The van der Waals surface area contributed by atoms with Crippen LogP contribution in [0.2, 0.25) is 0 Å². The van der Waals surface area contributed by atoms with E-state index in [4.69, 9.17) is 0 Å². The van der Waals surface area contributed by atoms with Crippen molar-refractivity contribution in [3.63, 3.8) is 0 Å². The number of hydrogen-bond donors (Lipinski definition) is 2. The van der Waals surface area contributed by atoms with E-state index in [1.165, 1.54) is 7.11 Å². The summed E-state index contributed by atoms with van der Waals surface area (Å²) in [5.74, 6) is -0.645. The van der Waals surface area contributed by atoms with E-state index in [-0.39, 0.29) is 24.9 Å². The van der Waals surface area contributed by atoms with Crippen molar-refractivity contribution in [2.75, 3.05) is 13.7 Å². The lowest BCUT2D eigenvalue weighted by molar-refractivity contribution is -0.140. The van der Waals surface area contributed by atoms with Crippen LogP contribution in [0.1, 0.15) is 23.2 Å². The Morgan fingerprint density at radius 3 is 2.25 bits per heavy atom. The molecule has 0 fully saturated rings. The fourth-order valence-electron chi connectivity index (χ4n) is 2.32. The zero-order valence-electron chi connectivity index (χ0n) is 13.6. The first-order valence-electron chi connectivity index (χ1n) is 7.78. The van der Waals surface area contributed by atoms with E-state index in [1.807, 2.05) is 42.5 Å². The Kier molecular flexibility index (Phi) is 6.51. The van der Waals surface area contributed by atoms with Gasteiger partial charge in [-0.25, -0.2) is 0 Å². The molecule has 5 heteroatoms. The third kappa shape index (κ3) is 4.93. The van der Waals surface area contributed by atoms with E-state index in [1.54, 1.807) is 12.1 Å². The fourth-order valence-corrected chi connectivity index (χ4v) is 2.32. The van der Waals surface area contributed by atoms with E-state index in [0.717, 1.165) is 11.1 Å². The van der Waals surface area contributed by atoms with Crippen molar-refractivity contribution in [3.8, 4) is 11.1 Å². The molecule has 1 unspecified atom stereocenters. The molecule has 0 heterocycles. The van der Waals surface area contributed by atoms with E-state index < -0.39 is 6.04 Å². The fraction of sp³-hybridized carbons (Fsp3) is 0.263. The smallest absolute Gasteiger partial charge is 0.305 e. The summed E-state index contributed by atoms with van der Waals surface area (Å²) in [5, 5.41) is 12.1. The van der Waals surface area contributed by atoms with E-state index >= 15 is 0 Å². The average Bonchev–Trinajstić information content (AvgIpc) is 2.65. The molecule has 5 nitrogen and oxygen atoms in total. The van der Waals surface area contributed by atoms with Gasteiger partial charge in [0.2, 0.25) is 0 Å². The third-order valence-corrected chi connectivity index (χ3v) is 3.73. The van der Waals surface area contributed by atoms with Gasteiger partial charge < -0.3 is 15.2 Å². The molecular formula is C19H21NO4. The first-order valence-corrected chi connectivity index (χ1v) is 7.78. The molecule has 0 aliphatic heterocycles. The number of amides is 1. The Morgan fingerprint density at radius 2 is 1.67 bits per heavy atom. The van der Waals surface area contributed by atoms with Gasteiger partial charge in [0.1, 0.15) is 0 Å². The number of hydrogen-bond acceptors (Lipinski definition) is 4. The molecule has 0 saturated heterocycles. The number of nitrogens with one attached hydrogen (secondary N) is 1. The van der Waals surface area contributed by atoms with Crippen molar-refractivity contribution < 1.29 is 19.4 Å². The van der Waals surface area contributed by atoms with Crippen LogP contribution >= 0.6 is 0 Å². The molecule has 0 aliphatic carbocycles. The predicted octanol–water partition coefficient (Wildman–Crippen LogP) is 2.40. The van der Waals surface area contributed by atoms with Gasteiger partial charge in [-0.15, -0.1) is 0 Å². The van der Waals surface area contributed by atoms with Gasteiger partial charge in [-0.2, -0.15) is 0 Å². The average molecular weight is 327 g/mol. The maximum atomic E-state index is 12.2. The van der Waals surface area contributed by atoms with Crippen LogP contribution in [0.25, 0.3) is 11.1 Å². The van der Waals surface area contributed by atoms with Crippen molar-refractivity contribution in [3.05, 3.63) is 60.2 Å². The van der Waals surface area contributed by atoms with Gasteiger partial charge in [0.15, 0.2) is 0 Å². The van der Waals surface area contributed by atoms with Crippen LogP contribution in [0.4, 0.5) is 0 Å². The second-order valence-corrected chi connectivity index (χ2v) is 5.41. The Hall–Kier alpha value is -2.66. The van der Waals surface area contributed by atoms with Crippen LogP contribution < -0.4 is 5.32 Å². The Balaban J connectivity index is 1.97. The minimum absolute atomic E-state index is 0.148. The summed E-state index contributed by atoms with van der Waals surface area (Å²) >= 11 is 0. The van der Waals surface area contributed by atoms with Crippen molar-refractivity contribution in [1.82, 2.24) is 5.32 Å². The molecule has 2 rings (SSSR count). The number of aliphatic hydroxyl groups is 1. The molecule has 0 radical (unpaired) electrons. The monoisotopic (exact) mass is 327 g/mol. The zero-order chi connectivity index (χ0) is 17.4. The molecule has 24 heavy (non-hydrogen) atoms. The highest BCUT2D eigenvalue weighted by Crippen LogP contribution is 2.19. The number of rotatable bonds is 7. The number of esters is 1. The van der Waals surface area contributed by atoms with E-state index in [9.17, 15) is 14.7 Å². The molecule has 1 atom stereocenters. The highest BCUT2D eigenvalue weighted by atomic mass is 16.5. The SMILES string of the molecule is COC(=O)CCC(CO)NC(=O)c1ccc(-c2ccccc2)cc1. The van der Waals surface area contributed by atoms with Gasteiger partial charge in [-0.05, 0) is 29.7 Å². The van der Waals surface area contributed by atoms with Crippen LogP contribution in [-0.4, -0.2) is 36.7 Å². The molecule has 0 aromatic heterocycles. The lowest BCUT2D eigenvalue weighted by atomic mass is 10.0. The maximum absolute atomic E-state index is 12.2. The maximum Gasteiger partial charge on any atom is 0.305 e. The quantitative estimate of drug-likeness (QED) is 0.766. The minimum atomic E-state index is -0.481. The number of ether oxygens (including phenoxy) is 1. The summed E-state index contributed by atoms with van der Waals surface area (Å²) < 4.78 is 4.56. The summed E-state index contributed by atoms with van der Waals surface area (Å²) in [6.45, 7) is -0.231. The second-order valence-electron chi connectivity index (χ2n) is 5.41. The minimum Gasteiger partial charge on any atom is -0.469 e. The third-order valence-electron chi connectivity index (χ3n) is 3.73. The van der Waals surface area contributed by atoms with Crippen LogP contribution in [0.15, 0.2) is 54.6 Å². The molecule has 126 valence electrons. The largest absolute Gasteiger partial charge is 0.469 e. The number of benzene rings is 2.